The fraction of sp³-hybridized carbons (Fsp3) is 0.538. The summed E-state index contributed by atoms with van der Waals surface area (Å²) in [7, 11) is 0. The maximum Gasteiger partial charge on any atom is 0.225 e. The van der Waals surface area contributed by atoms with E-state index in [1.54, 1.807) is 12.1 Å². The number of pyridine rings is 1. The van der Waals surface area contributed by atoms with E-state index in [0.717, 1.165) is 12.8 Å². The molecule has 1 heterocycles. The quantitative estimate of drug-likeness (QED) is 0.714. The Kier molecular flexibility index (Phi) is 6.07. The van der Waals surface area contributed by atoms with E-state index in [2.05, 4.69) is 17.2 Å². The molecule has 0 aromatic carbocycles. The van der Waals surface area contributed by atoms with Crippen LogP contribution >= 0.6 is 0 Å². The number of hydrogen-bond donors (Lipinski definition) is 2. The molecule has 0 unspecified atom stereocenters. The van der Waals surface area contributed by atoms with E-state index in [0.29, 0.717) is 17.9 Å². The van der Waals surface area contributed by atoms with Crippen molar-refractivity contribution in [2.45, 2.75) is 45.4 Å². The summed E-state index contributed by atoms with van der Waals surface area (Å²) in [6.07, 6.45) is 7.86. The molecule has 0 saturated carbocycles. The number of nitrogens with two attached hydrogens (primary N) is 1. The Morgan fingerprint density at radius 2 is 2.06 bits per heavy atom. The Labute approximate surface area is 103 Å². The molecule has 1 amide bonds. The number of rotatable bonds is 7. The van der Waals surface area contributed by atoms with Crippen molar-refractivity contribution in [3.63, 3.8) is 0 Å². The number of nitrogens with one attached hydrogen (secondary N) is 1. The van der Waals surface area contributed by atoms with Gasteiger partial charge in [-0.3, -0.25) is 4.79 Å². The predicted octanol–water partition coefficient (Wildman–Crippen LogP) is 2.96. The summed E-state index contributed by atoms with van der Waals surface area (Å²) in [5.41, 5.74) is 6.11. The minimum Gasteiger partial charge on any atom is -0.397 e. The van der Waals surface area contributed by atoms with Gasteiger partial charge in [-0.1, -0.05) is 32.6 Å². The summed E-state index contributed by atoms with van der Waals surface area (Å²) in [5, 5.41) is 2.75. The molecule has 0 spiro atoms. The van der Waals surface area contributed by atoms with Gasteiger partial charge >= 0.3 is 0 Å². The maximum atomic E-state index is 11.5. The van der Waals surface area contributed by atoms with E-state index in [1.807, 2.05) is 0 Å². The van der Waals surface area contributed by atoms with Crippen LogP contribution in [-0.4, -0.2) is 10.9 Å². The van der Waals surface area contributed by atoms with E-state index in [4.69, 9.17) is 5.73 Å². The largest absolute Gasteiger partial charge is 0.397 e. The zero-order valence-corrected chi connectivity index (χ0v) is 10.4. The standard InChI is InChI=1S/C13H21N3O/c1-2-3-4-5-6-7-13(17)16-12-9-8-11(14)10-15-12/h8-10H,2-7,14H2,1H3,(H,15,16,17). The van der Waals surface area contributed by atoms with Crippen molar-refractivity contribution < 1.29 is 4.79 Å². The van der Waals surface area contributed by atoms with Gasteiger partial charge in [0.2, 0.25) is 5.91 Å². The summed E-state index contributed by atoms with van der Waals surface area (Å²) in [4.78, 5) is 15.6. The highest BCUT2D eigenvalue weighted by atomic mass is 16.1. The molecule has 4 nitrogen and oxygen atoms in total. The highest BCUT2D eigenvalue weighted by Gasteiger charge is 2.02. The van der Waals surface area contributed by atoms with Crippen molar-refractivity contribution in [1.29, 1.82) is 0 Å². The zero-order chi connectivity index (χ0) is 12.5. The van der Waals surface area contributed by atoms with Crippen molar-refractivity contribution in [3.05, 3.63) is 18.3 Å². The van der Waals surface area contributed by atoms with Gasteiger partial charge in [-0.05, 0) is 18.6 Å². The van der Waals surface area contributed by atoms with Crippen molar-refractivity contribution in [1.82, 2.24) is 4.98 Å². The van der Waals surface area contributed by atoms with Crippen molar-refractivity contribution >= 4 is 17.4 Å². The monoisotopic (exact) mass is 235 g/mol. The van der Waals surface area contributed by atoms with Gasteiger partial charge in [0.05, 0.1) is 11.9 Å². The molecule has 1 aromatic rings. The third-order valence-corrected chi connectivity index (χ3v) is 2.56. The Bertz CT molecular complexity index is 335. The lowest BCUT2D eigenvalue weighted by Crippen LogP contribution is -2.12. The van der Waals surface area contributed by atoms with Crippen LogP contribution in [0.2, 0.25) is 0 Å². The van der Waals surface area contributed by atoms with Gasteiger partial charge in [0.15, 0.2) is 0 Å². The molecule has 17 heavy (non-hydrogen) atoms. The molecule has 0 bridgehead atoms. The summed E-state index contributed by atoms with van der Waals surface area (Å²) in [6.45, 7) is 2.18. The average Bonchev–Trinajstić information content (AvgIpc) is 2.32. The number of aromatic nitrogens is 1. The zero-order valence-electron chi connectivity index (χ0n) is 10.4. The Morgan fingerprint density at radius 3 is 2.71 bits per heavy atom. The van der Waals surface area contributed by atoms with Gasteiger partial charge in [-0.2, -0.15) is 0 Å². The molecule has 94 valence electrons. The molecule has 1 aromatic heterocycles. The van der Waals surface area contributed by atoms with Gasteiger partial charge in [0, 0.05) is 6.42 Å². The van der Waals surface area contributed by atoms with Gasteiger partial charge in [-0.25, -0.2) is 4.98 Å². The molecular weight excluding hydrogens is 214 g/mol. The molecule has 0 aliphatic rings. The lowest BCUT2D eigenvalue weighted by atomic mass is 10.1. The highest BCUT2D eigenvalue weighted by Crippen LogP contribution is 2.08. The number of anilines is 2. The fourth-order valence-electron chi connectivity index (χ4n) is 1.57. The van der Waals surface area contributed by atoms with Gasteiger partial charge in [0.25, 0.3) is 0 Å². The first kappa shape index (κ1) is 13.5. The molecule has 4 heteroatoms. The van der Waals surface area contributed by atoms with Crippen LogP contribution in [0.15, 0.2) is 18.3 Å². The second-order valence-corrected chi connectivity index (χ2v) is 4.19. The predicted molar refractivity (Wildman–Crippen MR) is 70.7 cm³/mol. The van der Waals surface area contributed by atoms with Crippen LogP contribution in [-0.2, 0) is 4.79 Å². The van der Waals surface area contributed by atoms with E-state index < -0.39 is 0 Å². The second-order valence-electron chi connectivity index (χ2n) is 4.19. The summed E-state index contributed by atoms with van der Waals surface area (Å²) in [6, 6.07) is 3.44. The molecule has 0 radical (unpaired) electrons. The van der Waals surface area contributed by atoms with E-state index in [-0.39, 0.29) is 5.91 Å². The number of carbonyl (C=O) groups is 1. The van der Waals surface area contributed by atoms with Crippen molar-refractivity contribution in [3.8, 4) is 0 Å². The molecule has 0 aliphatic heterocycles. The minimum atomic E-state index is 0.0266. The molecule has 3 N–H and O–H groups in total. The van der Waals surface area contributed by atoms with Gasteiger partial charge in [-0.15, -0.1) is 0 Å². The van der Waals surface area contributed by atoms with Crippen molar-refractivity contribution in [2.75, 3.05) is 11.1 Å². The normalized spacial score (nSPS) is 10.2. The summed E-state index contributed by atoms with van der Waals surface area (Å²) >= 11 is 0. The molecule has 0 saturated heterocycles. The van der Waals surface area contributed by atoms with Crippen LogP contribution in [0.1, 0.15) is 45.4 Å². The number of amides is 1. The van der Waals surface area contributed by atoms with Crippen LogP contribution < -0.4 is 11.1 Å². The van der Waals surface area contributed by atoms with Crippen LogP contribution in [0.3, 0.4) is 0 Å². The summed E-state index contributed by atoms with van der Waals surface area (Å²) < 4.78 is 0. The maximum absolute atomic E-state index is 11.5. The van der Waals surface area contributed by atoms with E-state index >= 15 is 0 Å². The first-order chi connectivity index (χ1) is 8.22. The number of unbranched alkanes of at least 4 members (excludes halogenated alkanes) is 4. The topological polar surface area (TPSA) is 68.0 Å². The van der Waals surface area contributed by atoms with E-state index in [1.165, 1.54) is 25.5 Å². The number of nitrogens with zero attached hydrogens (tertiary/aromatic N) is 1. The van der Waals surface area contributed by atoms with E-state index in [9.17, 15) is 4.79 Å². The SMILES string of the molecule is CCCCCCCC(=O)Nc1ccc(N)cn1. The number of nitrogen functional groups attached to an aromatic ring is 1. The first-order valence-corrected chi connectivity index (χ1v) is 6.23. The number of carbonyl (C=O) groups excluding carboxylic acids is 1. The average molecular weight is 235 g/mol. The third-order valence-electron chi connectivity index (χ3n) is 2.56. The smallest absolute Gasteiger partial charge is 0.225 e. The summed E-state index contributed by atoms with van der Waals surface area (Å²) in [5.74, 6) is 0.594. The van der Waals surface area contributed by atoms with Gasteiger partial charge < -0.3 is 11.1 Å². The molecule has 0 aliphatic carbocycles. The molecule has 0 fully saturated rings. The first-order valence-electron chi connectivity index (χ1n) is 6.23. The van der Waals surface area contributed by atoms with Crippen LogP contribution in [0.5, 0.6) is 0 Å². The number of hydrogen-bond acceptors (Lipinski definition) is 3. The van der Waals surface area contributed by atoms with Crippen LogP contribution in [0.4, 0.5) is 11.5 Å². The lowest BCUT2D eigenvalue weighted by molar-refractivity contribution is -0.116. The highest BCUT2D eigenvalue weighted by molar-refractivity contribution is 5.89. The molecular formula is C13H21N3O. The fourth-order valence-corrected chi connectivity index (χ4v) is 1.57. The molecule has 0 atom stereocenters. The Balaban J connectivity index is 2.18. The lowest BCUT2D eigenvalue weighted by Gasteiger charge is -2.04. The van der Waals surface area contributed by atoms with Crippen molar-refractivity contribution in [2.24, 2.45) is 0 Å². The molecule has 1 rings (SSSR count). The van der Waals surface area contributed by atoms with Gasteiger partial charge in [0.1, 0.15) is 5.82 Å². The third kappa shape index (κ3) is 5.90. The Hall–Kier alpha value is -1.58. The minimum absolute atomic E-state index is 0.0266. The van der Waals surface area contributed by atoms with Crippen LogP contribution in [0, 0.1) is 0 Å². The van der Waals surface area contributed by atoms with Crippen LogP contribution in [0.25, 0.3) is 0 Å². The Morgan fingerprint density at radius 1 is 1.29 bits per heavy atom. The second kappa shape index (κ2) is 7.65.